The Hall–Kier alpha value is -1.80. The molecule has 3 rings (SSSR count). The van der Waals surface area contributed by atoms with Crippen LogP contribution in [0.2, 0.25) is 0 Å². The molecule has 0 saturated carbocycles. The fourth-order valence-electron chi connectivity index (χ4n) is 3.47. The first kappa shape index (κ1) is 24.8. The topological polar surface area (TPSA) is 168 Å². The molecule has 0 aliphatic carbocycles. The van der Waals surface area contributed by atoms with Crippen molar-refractivity contribution in [2.45, 2.75) is 62.2 Å². The summed E-state index contributed by atoms with van der Waals surface area (Å²) in [4.78, 5) is 0. The van der Waals surface area contributed by atoms with Crippen LogP contribution in [0.4, 0.5) is 0 Å². The van der Waals surface area contributed by atoms with Gasteiger partial charge in [0, 0.05) is 0 Å². The van der Waals surface area contributed by atoms with E-state index in [1.54, 1.807) is 18.2 Å². The zero-order chi connectivity index (χ0) is 23.4. The van der Waals surface area contributed by atoms with Gasteiger partial charge in [-0.05, 0) is 24.6 Å². The number of hydrogen-bond donors (Lipinski definition) is 6. The number of rotatable bonds is 7. The summed E-state index contributed by atoms with van der Waals surface area (Å²) in [6, 6.07) is 5.10. The first-order chi connectivity index (χ1) is 15.3. The summed E-state index contributed by atoms with van der Waals surface area (Å²) in [6.45, 7) is 1.25. The Labute approximate surface area is 185 Å². The molecule has 1 aromatic rings. The molecule has 1 aromatic carbocycles. The Morgan fingerprint density at radius 2 is 1.66 bits per heavy atom. The molecular weight excluding hydrogens is 428 g/mol. The van der Waals surface area contributed by atoms with E-state index in [0.29, 0.717) is 5.75 Å². The van der Waals surface area contributed by atoms with Gasteiger partial charge in [-0.3, -0.25) is 0 Å². The summed E-state index contributed by atoms with van der Waals surface area (Å²) in [5, 5.41) is 60.1. The van der Waals surface area contributed by atoms with Gasteiger partial charge in [0.1, 0.15) is 42.7 Å². The van der Waals surface area contributed by atoms with E-state index in [-0.39, 0.29) is 19.0 Å². The van der Waals surface area contributed by atoms with Crippen LogP contribution in [0, 0.1) is 0 Å². The molecular formula is C21H30O11. The highest BCUT2D eigenvalue weighted by atomic mass is 16.7. The van der Waals surface area contributed by atoms with Crippen molar-refractivity contribution in [3.8, 4) is 11.5 Å². The number of allylic oxidation sites excluding steroid dienone is 1. The van der Waals surface area contributed by atoms with E-state index in [0.717, 1.165) is 5.56 Å². The molecule has 6 N–H and O–H groups in total. The van der Waals surface area contributed by atoms with Crippen LogP contribution in [0.25, 0.3) is 6.08 Å². The molecule has 11 heteroatoms. The van der Waals surface area contributed by atoms with Crippen molar-refractivity contribution in [1.29, 1.82) is 0 Å². The zero-order valence-electron chi connectivity index (χ0n) is 17.7. The number of aliphatic hydroxyl groups is 6. The molecule has 0 spiro atoms. The molecule has 2 aliphatic rings. The fourth-order valence-corrected chi connectivity index (χ4v) is 3.47. The van der Waals surface area contributed by atoms with E-state index in [4.69, 9.17) is 23.7 Å². The van der Waals surface area contributed by atoms with E-state index in [9.17, 15) is 30.6 Å². The van der Waals surface area contributed by atoms with Gasteiger partial charge in [-0.15, -0.1) is 0 Å². The van der Waals surface area contributed by atoms with Crippen LogP contribution < -0.4 is 9.47 Å². The maximum atomic E-state index is 10.3. The van der Waals surface area contributed by atoms with Gasteiger partial charge in [-0.1, -0.05) is 18.2 Å². The summed E-state index contributed by atoms with van der Waals surface area (Å²) < 4.78 is 27.2. The largest absolute Gasteiger partial charge is 0.493 e. The summed E-state index contributed by atoms with van der Waals surface area (Å²) in [6.07, 6.45) is -9.05. The normalized spacial score (nSPS) is 38.1. The van der Waals surface area contributed by atoms with E-state index < -0.39 is 55.3 Å². The second-order valence-corrected chi connectivity index (χ2v) is 7.63. The third kappa shape index (κ3) is 5.39. The summed E-state index contributed by atoms with van der Waals surface area (Å²) in [7, 11) is 1.45. The highest BCUT2D eigenvalue weighted by Gasteiger charge is 2.46. The van der Waals surface area contributed by atoms with Crippen molar-refractivity contribution in [3.05, 3.63) is 29.8 Å². The highest BCUT2D eigenvalue weighted by molar-refractivity contribution is 5.55. The van der Waals surface area contributed by atoms with Gasteiger partial charge in [0.2, 0.25) is 6.29 Å². The van der Waals surface area contributed by atoms with Gasteiger partial charge in [-0.2, -0.15) is 0 Å². The monoisotopic (exact) mass is 458 g/mol. The zero-order valence-corrected chi connectivity index (χ0v) is 17.7. The average Bonchev–Trinajstić information content (AvgIpc) is 2.79. The second-order valence-electron chi connectivity index (χ2n) is 7.63. The smallest absolute Gasteiger partial charge is 0.229 e. The molecule has 0 aromatic heterocycles. The van der Waals surface area contributed by atoms with Crippen molar-refractivity contribution in [3.63, 3.8) is 0 Å². The van der Waals surface area contributed by atoms with Crippen LogP contribution in [0.3, 0.4) is 0 Å². The van der Waals surface area contributed by atoms with Gasteiger partial charge in [0.15, 0.2) is 17.8 Å². The average molecular weight is 458 g/mol. The lowest BCUT2D eigenvalue weighted by Crippen LogP contribution is -2.61. The van der Waals surface area contributed by atoms with E-state index in [1.807, 2.05) is 19.1 Å². The van der Waals surface area contributed by atoms with Crippen LogP contribution in [-0.2, 0) is 14.2 Å². The molecule has 2 fully saturated rings. The molecule has 0 bridgehead atoms. The van der Waals surface area contributed by atoms with Gasteiger partial charge >= 0.3 is 0 Å². The number of ether oxygens (including phenoxy) is 5. The number of hydrogen-bond acceptors (Lipinski definition) is 11. The number of aliphatic hydroxyl groups excluding tert-OH is 6. The van der Waals surface area contributed by atoms with Gasteiger partial charge in [-0.25, -0.2) is 0 Å². The summed E-state index contributed by atoms with van der Waals surface area (Å²) in [5.41, 5.74) is 0.863. The lowest BCUT2D eigenvalue weighted by atomic mass is 9.99. The quantitative estimate of drug-likeness (QED) is 0.278. The van der Waals surface area contributed by atoms with Crippen molar-refractivity contribution in [2.24, 2.45) is 0 Å². The third-order valence-electron chi connectivity index (χ3n) is 5.34. The standard InChI is InChI=1S/C21H30O11/c1-3-4-10-5-6-12(13(7-10)28-2)31-21-19(27)17(25)16(24)14(32-21)9-30-20-18(26)15(23)11(22)8-29-20/h3-7,11,14-27H,8-9H2,1-2H3/b4-3-/t11-,14-,15+,16+,17+,18+,19-,20-,21-/m1/s1. The summed E-state index contributed by atoms with van der Waals surface area (Å²) >= 11 is 0. The summed E-state index contributed by atoms with van der Waals surface area (Å²) in [5.74, 6) is 0.618. The van der Waals surface area contributed by atoms with Gasteiger partial charge in [0.25, 0.3) is 0 Å². The SMILES string of the molecule is C/C=C\c1ccc(O[C@@H]2O[C@H](CO[C@H]3OC[C@@H](O)[C@H](O)[C@@H]3O)[C@H](O)[C@H](O)[C@H]2O)c(OC)c1. The molecule has 9 atom stereocenters. The molecule has 0 amide bonds. The van der Waals surface area contributed by atoms with Crippen molar-refractivity contribution >= 4 is 6.08 Å². The van der Waals surface area contributed by atoms with Crippen molar-refractivity contribution < 1.29 is 54.3 Å². The van der Waals surface area contributed by atoms with Crippen LogP contribution in [0.5, 0.6) is 11.5 Å². The van der Waals surface area contributed by atoms with Crippen LogP contribution in [0.15, 0.2) is 24.3 Å². The molecule has 180 valence electrons. The molecule has 2 aliphatic heterocycles. The van der Waals surface area contributed by atoms with Crippen molar-refractivity contribution in [1.82, 2.24) is 0 Å². The van der Waals surface area contributed by atoms with Crippen molar-refractivity contribution in [2.75, 3.05) is 20.3 Å². The molecule has 11 nitrogen and oxygen atoms in total. The lowest BCUT2D eigenvalue weighted by molar-refractivity contribution is -0.307. The highest BCUT2D eigenvalue weighted by Crippen LogP contribution is 2.32. The predicted molar refractivity (Wildman–Crippen MR) is 109 cm³/mol. The first-order valence-corrected chi connectivity index (χ1v) is 10.2. The van der Waals surface area contributed by atoms with E-state index >= 15 is 0 Å². The maximum Gasteiger partial charge on any atom is 0.229 e. The second kappa shape index (κ2) is 10.9. The molecule has 0 radical (unpaired) electrons. The molecule has 32 heavy (non-hydrogen) atoms. The Morgan fingerprint density at radius 1 is 0.938 bits per heavy atom. The Kier molecular flexibility index (Phi) is 8.44. The van der Waals surface area contributed by atoms with Crippen LogP contribution in [0.1, 0.15) is 12.5 Å². The van der Waals surface area contributed by atoms with Gasteiger partial charge in [0.05, 0.1) is 20.3 Å². The molecule has 2 saturated heterocycles. The maximum absolute atomic E-state index is 10.3. The first-order valence-electron chi connectivity index (χ1n) is 10.2. The van der Waals surface area contributed by atoms with Crippen LogP contribution >= 0.6 is 0 Å². The Balaban J connectivity index is 1.68. The van der Waals surface area contributed by atoms with E-state index in [1.165, 1.54) is 7.11 Å². The van der Waals surface area contributed by atoms with E-state index in [2.05, 4.69) is 0 Å². The number of benzene rings is 1. The minimum absolute atomic E-state index is 0.246. The Morgan fingerprint density at radius 3 is 2.34 bits per heavy atom. The van der Waals surface area contributed by atoms with Crippen LogP contribution in [-0.4, -0.2) is 106 Å². The molecule has 0 unspecified atom stereocenters. The lowest BCUT2D eigenvalue weighted by Gasteiger charge is -2.41. The molecule has 2 heterocycles. The number of methoxy groups -OCH3 is 1. The predicted octanol–water partition coefficient (Wildman–Crippen LogP) is -1.63. The Bertz CT molecular complexity index is 772. The minimum Gasteiger partial charge on any atom is -0.493 e. The fraction of sp³-hybridized carbons (Fsp3) is 0.619. The minimum atomic E-state index is -1.61. The third-order valence-corrected chi connectivity index (χ3v) is 5.34. The van der Waals surface area contributed by atoms with Gasteiger partial charge < -0.3 is 54.3 Å².